The lowest BCUT2D eigenvalue weighted by Gasteiger charge is -2.23. The molecule has 1 aliphatic carbocycles. The number of anilines is 1. The second-order valence-electron chi connectivity index (χ2n) is 8.21. The molecule has 3 N–H and O–H groups in total. The fourth-order valence-electron chi connectivity index (χ4n) is 3.55. The Morgan fingerprint density at radius 3 is 2.24 bits per heavy atom. The van der Waals surface area contributed by atoms with E-state index in [-0.39, 0.29) is 24.0 Å². The summed E-state index contributed by atoms with van der Waals surface area (Å²) >= 11 is 0. The molecule has 2 rings (SSSR count). The quantitative estimate of drug-likeness (QED) is 0.238. The fraction of sp³-hybridized carbons (Fsp3) is 0.522. The van der Waals surface area contributed by atoms with Crippen LogP contribution >= 0.6 is 0 Å². The summed E-state index contributed by atoms with van der Waals surface area (Å²) in [5, 5.41) is 0. The molecular weight excluding hydrogens is 446 g/mol. The van der Waals surface area contributed by atoms with Crippen LogP contribution < -0.4 is 14.8 Å². The van der Waals surface area contributed by atoms with Gasteiger partial charge in [0.2, 0.25) is 5.91 Å². The first-order valence-electron chi connectivity index (χ1n) is 11.1. The van der Waals surface area contributed by atoms with Crippen molar-refractivity contribution in [2.24, 2.45) is 11.7 Å². The van der Waals surface area contributed by atoms with Crippen molar-refractivity contribution in [1.82, 2.24) is 4.72 Å². The number of para-hydroxylation sites is 1. The van der Waals surface area contributed by atoms with Gasteiger partial charge in [-0.2, -0.15) is 12.7 Å². The van der Waals surface area contributed by atoms with Gasteiger partial charge in [0.25, 0.3) is 5.91 Å². The van der Waals surface area contributed by atoms with Gasteiger partial charge in [0.05, 0.1) is 12.8 Å². The number of ether oxygens (including phenoxy) is 1. The SMILES string of the molecule is C=C[C@@H]1C[C@]1(N)C(=O)NS(=O)(=O)N(C(=O)CCCCCCCCC(=O)OC)c1ccccc1. The lowest BCUT2D eigenvalue weighted by molar-refractivity contribution is -0.140. The predicted molar refractivity (Wildman–Crippen MR) is 125 cm³/mol. The molecule has 1 aliphatic rings. The maximum Gasteiger partial charge on any atom is 0.332 e. The number of nitrogens with two attached hydrogens (primary N) is 1. The van der Waals surface area contributed by atoms with Crippen LogP contribution in [0.5, 0.6) is 0 Å². The summed E-state index contributed by atoms with van der Waals surface area (Å²) in [6.45, 7) is 3.59. The standard InChI is InChI=1S/C23H33N3O6S/c1-3-18-17-23(18,24)22(29)25-33(30,31)26(19-13-9-8-10-14-19)20(27)15-11-6-4-5-7-12-16-21(28)32-2/h3,8-10,13-14,18H,1,4-7,11-12,15-17,24H2,2H3,(H,25,29)/t18-,23-/m1/s1. The normalized spacial score (nSPS) is 19.4. The number of unbranched alkanes of at least 4 members (excludes halogenated alkanes) is 5. The molecule has 1 fully saturated rings. The summed E-state index contributed by atoms with van der Waals surface area (Å²) in [5.41, 5.74) is 4.78. The summed E-state index contributed by atoms with van der Waals surface area (Å²) in [6, 6.07) is 7.90. The van der Waals surface area contributed by atoms with Crippen LogP contribution in [0.3, 0.4) is 0 Å². The summed E-state index contributed by atoms with van der Waals surface area (Å²) < 4.78 is 33.2. The monoisotopic (exact) mass is 479 g/mol. The molecule has 0 bridgehead atoms. The highest BCUT2D eigenvalue weighted by Gasteiger charge is 2.56. The van der Waals surface area contributed by atoms with Crippen LogP contribution in [-0.4, -0.2) is 38.9 Å². The second kappa shape index (κ2) is 11.9. The number of amides is 2. The molecule has 182 valence electrons. The Balaban J connectivity index is 1.93. The number of hydrogen-bond donors (Lipinski definition) is 2. The molecule has 2 atom stereocenters. The van der Waals surface area contributed by atoms with Gasteiger partial charge in [-0.25, -0.2) is 4.72 Å². The Labute approximate surface area is 195 Å². The average Bonchev–Trinajstić information content (AvgIpc) is 3.47. The maximum absolute atomic E-state index is 13.0. The number of nitrogens with one attached hydrogen (secondary N) is 1. The molecule has 1 aromatic rings. The van der Waals surface area contributed by atoms with E-state index in [0.29, 0.717) is 23.6 Å². The van der Waals surface area contributed by atoms with E-state index in [1.165, 1.54) is 25.3 Å². The van der Waals surface area contributed by atoms with Gasteiger partial charge in [-0.1, -0.05) is 50.0 Å². The maximum atomic E-state index is 13.0. The lowest BCUT2D eigenvalue weighted by atomic mass is 10.1. The molecule has 0 aliphatic heterocycles. The number of benzene rings is 1. The van der Waals surface area contributed by atoms with E-state index in [2.05, 4.69) is 11.3 Å². The third-order valence-corrected chi connectivity index (χ3v) is 7.03. The van der Waals surface area contributed by atoms with E-state index in [0.717, 1.165) is 32.1 Å². The number of methoxy groups -OCH3 is 1. The van der Waals surface area contributed by atoms with Crippen molar-refractivity contribution in [3.05, 3.63) is 43.0 Å². The minimum Gasteiger partial charge on any atom is -0.469 e. The molecule has 10 heteroatoms. The Morgan fingerprint density at radius 2 is 1.70 bits per heavy atom. The first kappa shape index (κ1) is 26.5. The Hall–Kier alpha value is -2.72. The Bertz CT molecular complexity index is 950. The summed E-state index contributed by atoms with van der Waals surface area (Å²) in [7, 11) is -3.13. The molecule has 1 saturated carbocycles. The predicted octanol–water partition coefficient (Wildman–Crippen LogP) is 2.58. The molecule has 0 spiro atoms. The van der Waals surface area contributed by atoms with E-state index in [9.17, 15) is 22.8 Å². The number of carbonyl (C=O) groups excluding carboxylic acids is 3. The highest BCUT2D eigenvalue weighted by Crippen LogP contribution is 2.42. The van der Waals surface area contributed by atoms with Gasteiger partial charge in [0.15, 0.2) is 0 Å². The number of hydrogen-bond acceptors (Lipinski definition) is 7. The van der Waals surface area contributed by atoms with Crippen molar-refractivity contribution in [1.29, 1.82) is 0 Å². The number of esters is 1. The number of nitrogens with zero attached hydrogens (tertiary/aromatic N) is 1. The minimum atomic E-state index is -4.49. The van der Waals surface area contributed by atoms with Crippen LogP contribution in [0.4, 0.5) is 5.69 Å². The van der Waals surface area contributed by atoms with Crippen LogP contribution in [0.15, 0.2) is 43.0 Å². The molecule has 9 nitrogen and oxygen atoms in total. The van der Waals surface area contributed by atoms with E-state index in [1.807, 2.05) is 4.72 Å². The van der Waals surface area contributed by atoms with Crippen LogP contribution in [0, 0.1) is 5.92 Å². The first-order valence-corrected chi connectivity index (χ1v) is 12.5. The van der Waals surface area contributed by atoms with Crippen LogP contribution in [0.2, 0.25) is 0 Å². The molecule has 0 radical (unpaired) electrons. The van der Waals surface area contributed by atoms with Crippen LogP contribution in [0.1, 0.15) is 57.8 Å². The van der Waals surface area contributed by atoms with E-state index >= 15 is 0 Å². The zero-order chi connectivity index (χ0) is 24.5. The molecule has 0 saturated heterocycles. The second-order valence-corrected chi connectivity index (χ2v) is 9.73. The first-order chi connectivity index (χ1) is 15.7. The van der Waals surface area contributed by atoms with E-state index in [1.54, 1.807) is 18.2 Å². The van der Waals surface area contributed by atoms with Crippen molar-refractivity contribution in [2.45, 2.75) is 63.3 Å². The van der Waals surface area contributed by atoms with Crippen molar-refractivity contribution in [3.8, 4) is 0 Å². The highest BCUT2D eigenvalue weighted by atomic mass is 32.2. The van der Waals surface area contributed by atoms with Gasteiger partial charge < -0.3 is 10.5 Å². The van der Waals surface area contributed by atoms with Crippen LogP contribution in [-0.2, 0) is 29.3 Å². The zero-order valence-corrected chi connectivity index (χ0v) is 19.8. The van der Waals surface area contributed by atoms with Gasteiger partial charge in [0.1, 0.15) is 5.54 Å². The molecule has 0 unspecified atom stereocenters. The summed E-state index contributed by atoms with van der Waals surface area (Å²) in [5.74, 6) is -2.01. The molecule has 2 amide bonds. The molecular formula is C23H33N3O6S. The summed E-state index contributed by atoms with van der Waals surface area (Å²) in [6.07, 6.45) is 6.86. The Morgan fingerprint density at radius 1 is 1.12 bits per heavy atom. The third-order valence-electron chi connectivity index (χ3n) is 5.69. The third kappa shape index (κ3) is 7.40. The lowest BCUT2D eigenvalue weighted by Crippen LogP contribution is -2.53. The number of carbonyl (C=O) groups is 3. The molecule has 1 aromatic carbocycles. The largest absolute Gasteiger partial charge is 0.469 e. The molecule has 0 heterocycles. The van der Waals surface area contributed by atoms with Gasteiger partial charge in [-0.3, -0.25) is 14.4 Å². The van der Waals surface area contributed by atoms with Crippen molar-refractivity contribution in [3.63, 3.8) is 0 Å². The molecule has 0 aromatic heterocycles. The van der Waals surface area contributed by atoms with Gasteiger partial charge in [0, 0.05) is 18.8 Å². The Kier molecular flexibility index (Phi) is 9.60. The zero-order valence-electron chi connectivity index (χ0n) is 19.0. The highest BCUT2D eigenvalue weighted by molar-refractivity contribution is 7.92. The fourth-order valence-corrected chi connectivity index (χ4v) is 4.83. The van der Waals surface area contributed by atoms with Crippen molar-refractivity contribution >= 4 is 33.7 Å². The smallest absolute Gasteiger partial charge is 0.332 e. The van der Waals surface area contributed by atoms with Crippen LogP contribution in [0.25, 0.3) is 0 Å². The minimum absolute atomic E-state index is 0.00913. The van der Waals surface area contributed by atoms with E-state index < -0.39 is 27.6 Å². The van der Waals surface area contributed by atoms with Crippen molar-refractivity contribution < 1.29 is 27.5 Å². The van der Waals surface area contributed by atoms with Gasteiger partial charge in [-0.05, 0) is 31.4 Å². The van der Waals surface area contributed by atoms with E-state index in [4.69, 9.17) is 5.73 Å². The summed E-state index contributed by atoms with van der Waals surface area (Å²) in [4.78, 5) is 36.5. The van der Waals surface area contributed by atoms with Gasteiger partial charge >= 0.3 is 16.2 Å². The molecule has 33 heavy (non-hydrogen) atoms. The van der Waals surface area contributed by atoms with Crippen molar-refractivity contribution in [2.75, 3.05) is 11.4 Å². The average molecular weight is 480 g/mol. The topological polar surface area (TPSA) is 136 Å². The number of rotatable bonds is 14. The van der Waals surface area contributed by atoms with Gasteiger partial charge in [-0.15, -0.1) is 6.58 Å².